The van der Waals surface area contributed by atoms with E-state index in [1.54, 1.807) is 30.8 Å². The number of rotatable bonds is 21. The van der Waals surface area contributed by atoms with E-state index in [-0.39, 0.29) is 0 Å². The van der Waals surface area contributed by atoms with Crippen LogP contribution in [-0.4, -0.2) is 30.8 Å². The Hall–Kier alpha value is 0.170. The first-order valence-corrected chi connectivity index (χ1v) is 16.4. The van der Waals surface area contributed by atoms with Gasteiger partial charge in [0, 0.05) is 0 Å². The van der Waals surface area contributed by atoms with Gasteiger partial charge in [0.2, 0.25) is 0 Å². The first-order chi connectivity index (χ1) is 13.6. The van der Waals surface area contributed by atoms with E-state index in [0.717, 1.165) is 0 Å². The molecule has 170 valence electrons. The fraction of sp³-hybridized carbons (Fsp3) is 0.926. The van der Waals surface area contributed by atoms with Crippen molar-refractivity contribution in [3.8, 4) is 0 Å². The number of unbranched alkanes of at least 4 members (excludes halogenated alkanes) is 9. The Morgan fingerprint density at radius 3 is 1.21 bits per heavy atom. The second-order valence-corrected chi connectivity index (χ2v) is 16.4. The minimum atomic E-state index is -1.52. The van der Waals surface area contributed by atoms with Crippen LogP contribution < -0.4 is 0 Å². The molecule has 28 heavy (non-hydrogen) atoms. The Bertz CT molecular complexity index is 314. The van der Waals surface area contributed by atoms with E-state index in [1.807, 2.05) is 0 Å². The topological polar surface area (TPSA) is 0 Å². The summed E-state index contributed by atoms with van der Waals surface area (Å²) in [6.45, 7) is 10.4. The van der Waals surface area contributed by atoms with Gasteiger partial charge in [-0.3, -0.25) is 0 Å². The van der Waals surface area contributed by atoms with Gasteiger partial charge in [-0.1, -0.05) is 0 Å². The second kappa shape index (κ2) is 18.0. The van der Waals surface area contributed by atoms with E-state index in [1.165, 1.54) is 96.3 Å². The third-order valence-corrected chi connectivity index (χ3v) is 15.0. The van der Waals surface area contributed by atoms with Crippen LogP contribution in [0.15, 0.2) is 12.2 Å². The van der Waals surface area contributed by atoms with Gasteiger partial charge in [-0.2, -0.15) is 0 Å². The van der Waals surface area contributed by atoms with Gasteiger partial charge in [0.1, 0.15) is 0 Å². The molecule has 0 heterocycles. The van der Waals surface area contributed by atoms with Crippen LogP contribution >= 0.6 is 6.60 Å². The maximum atomic E-state index is 2.43. The Balaban J connectivity index is 4.93. The summed E-state index contributed by atoms with van der Waals surface area (Å²) in [4.78, 5) is 0. The molecule has 1 heteroatoms. The van der Waals surface area contributed by atoms with E-state index >= 15 is 0 Å². The van der Waals surface area contributed by atoms with Crippen LogP contribution in [0.1, 0.15) is 131 Å². The van der Waals surface area contributed by atoms with Crippen molar-refractivity contribution in [3.05, 3.63) is 12.2 Å². The molecule has 0 aromatic heterocycles. The van der Waals surface area contributed by atoms with Crippen LogP contribution in [0.3, 0.4) is 0 Å². The summed E-state index contributed by atoms with van der Waals surface area (Å²) >= 11 is 0. The van der Waals surface area contributed by atoms with Crippen molar-refractivity contribution >= 4 is 6.60 Å². The van der Waals surface area contributed by atoms with Crippen molar-refractivity contribution in [2.24, 2.45) is 0 Å². The molecule has 0 aliphatic rings. The Morgan fingerprint density at radius 1 is 0.393 bits per heavy atom. The minimum absolute atomic E-state index is 1.26. The van der Waals surface area contributed by atoms with Crippen molar-refractivity contribution in [2.45, 2.75) is 131 Å². The van der Waals surface area contributed by atoms with Crippen molar-refractivity contribution in [2.75, 3.05) is 30.8 Å². The molecule has 0 saturated carbocycles. The average Bonchev–Trinajstić information content (AvgIpc) is 2.72. The van der Waals surface area contributed by atoms with Gasteiger partial charge in [-0.15, -0.1) is 0 Å². The van der Waals surface area contributed by atoms with E-state index in [4.69, 9.17) is 0 Å². The summed E-state index contributed by atoms with van der Waals surface area (Å²) in [6.07, 6.45) is 34.2. The average molecular weight is 413 g/mol. The van der Waals surface area contributed by atoms with Gasteiger partial charge in [0.25, 0.3) is 0 Å². The van der Waals surface area contributed by atoms with Crippen LogP contribution in [0.5, 0.6) is 0 Å². The SMILES string of the molecule is CCCC=CCCCCCCP(CCCC)(CCCC)(CCCC)CCCC. The molecule has 0 atom stereocenters. The van der Waals surface area contributed by atoms with E-state index in [9.17, 15) is 0 Å². The fourth-order valence-electron chi connectivity index (χ4n) is 5.12. The summed E-state index contributed by atoms with van der Waals surface area (Å²) < 4.78 is 0. The van der Waals surface area contributed by atoms with Crippen molar-refractivity contribution in [3.63, 3.8) is 0 Å². The molecule has 0 radical (unpaired) electrons. The van der Waals surface area contributed by atoms with Crippen LogP contribution in [0, 0.1) is 0 Å². The predicted molar refractivity (Wildman–Crippen MR) is 138 cm³/mol. The van der Waals surface area contributed by atoms with E-state index in [0.29, 0.717) is 0 Å². The fourth-order valence-corrected chi connectivity index (χ4v) is 13.3. The predicted octanol–water partition coefficient (Wildman–Crippen LogP) is 10.0. The van der Waals surface area contributed by atoms with Crippen LogP contribution in [0.2, 0.25) is 0 Å². The molecule has 0 aliphatic heterocycles. The van der Waals surface area contributed by atoms with E-state index < -0.39 is 6.60 Å². The van der Waals surface area contributed by atoms with Gasteiger partial charge < -0.3 is 0 Å². The molecule has 0 rings (SSSR count). The first kappa shape index (κ1) is 28.2. The molecule has 0 aliphatic carbocycles. The van der Waals surface area contributed by atoms with E-state index in [2.05, 4.69) is 46.8 Å². The molecular formula is C27H57P. The zero-order chi connectivity index (χ0) is 21.0. The molecule has 0 unspecified atom stereocenters. The normalized spacial score (nSPS) is 13.8. The van der Waals surface area contributed by atoms with Crippen LogP contribution in [-0.2, 0) is 0 Å². The molecule has 0 N–H and O–H groups in total. The number of hydrogen-bond donors (Lipinski definition) is 0. The van der Waals surface area contributed by atoms with Gasteiger partial charge in [-0.25, -0.2) is 0 Å². The Morgan fingerprint density at radius 2 is 0.786 bits per heavy atom. The number of allylic oxidation sites excluding steroid dienone is 2. The summed E-state index contributed by atoms with van der Waals surface area (Å²) in [7, 11) is 0. The molecule has 0 saturated heterocycles. The van der Waals surface area contributed by atoms with Gasteiger partial charge in [-0.05, 0) is 0 Å². The van der Waals surface area contributed by atoms with Crippen molar-refractivity contribution < 1.29 is 0 Å². The monoisotopic (exact) mass is 412 g/mol. The third-order valence-electron chi connectivity index (χ3n) is 7.11. The summed E-state index contributed by atoms with van der Waals surface area (Å²) in [5.74, 6) is 0. The van der Waals surface area contributed by atoms with Gasteiger partial charge in [0.15, 0.2) is 0 Å². The molecule has 0 amide bonds. The molecule has 0 spiro atoms. The molecule has 0 aromatic rings. The summed E-state index contributed by atoms with van der Waals surface area (Å²) in [6, 6.07) is 0. The summed E-state index contributed by atoms with van der Waals surface area (Å²) in [5.41, 5.74) is 0. The number of hydrogen-bond acceptors (Lipinski definition) is 0. The Kier molecular flexibility index (Phi) is 18.1. The van der Waals surface area contributed by atoms with Crippen LogP contribution in [0.25, 0.3) is 0 Å². The Labute approximate surface area is 180 Å². The molecule has 0 fully saturated rings. The molecular weight excluding hydrogens is 355 g/mol. The standard InChI is InChI=1S/C27H57P/c1-6-11-16-17-18-19-20-21-22-27-28(23-12-7-2,24-13-8-3,25-14-9-4)26-15-10-5/h16-17H,6-15,18-27H2,1-5H3. The molecule has 0 bridgehead atoms. The van der Waals surface area contributed by atoms with Crippen molar-refractivity contribution in [1.29, 1.82) is 0 Å². The maximum absolute atomic E-state index is 2.43. The van der Waals surface area contributed by atoms with Crippen molar-refractivity contribution in [1.82, 2.24) is 0 Å². The van der Waals surface area contributed by atoms with Crippen LogP contribution in [0.4, 0.5) is 0 Å². The molecule has 0 nitrogen and oxygen atoms in total. The first-order valence-electron chi connectivity index (χ1n) is 13.3. The van der Waals surface area contributed by atoms with Gasteiger partial charge in [0.05, 0.1) is 0 Å². The third kappa shape index (κ3) is 12.0. The molecule has 0 aromatic carbocycles. The second-order valence-electron chi connectivity index (χ2n) is 9.73. The summed E-state index contributed by atoms with van der Waals surface area (Å²) in [5, 5.41) is 0. The quantitative estimate of drug-likeness (QED) is 0.0999. The van der Waals surface area contributed by atoms with Gasteiger partial charge >= 0.3 is 180 Å². The zero-order valence-corrected chi connectivity index (χ0v) is 21.6. The zero-order valence-electron chi connectivity index (χ0n) is 20.7.